The second kappa shape index (κ2) is 5.25. The summed E-state index contributed by atoms with van der Waals surface area (Å²) in [5, 5.41) is 0.746. The Bertz CT molecular complexity index is 770. The monoisotopic (exact) mass is 307 g/mol. The van der Waals surface area contributed by atoms with Gasteiger partial charge in [0.05, 0.1) is 16.5 Å². The van der Waals surface area contributed by atoms with Crippen LogP contribution in [0.5, 0.6) is 0 Å². The number of sulfonamides is 1. The van der Waals surface area contributed by atoms with Crippen LogP contribution in [-0.2, 0) is 14.8 Å². The molecule has 0 saturated heterocycles. The Kier molecular flexibility index (Phi) is 3.56. The van der Waals surface area contributed by atoms with Crippen molar-refractivity contribution < 1.29 is 13.2 Å². The lowest BCUT2D eigenvalue weighted by Crippen LogP contribution is -2.47. The Morgan fingerprint density at radius 3 is 2.76 bits per heavy atom. The minimum Gasteiger partial charge on any atom is -0.384 e. The first-order valence-corrected chi connectivity index (χ1v) is 8.17. The van der Waals surface area contributed by atoms with Gasteiger partial charge in [-0.05, 0) is 43.2 Å². The SMILES string of the molecule is COC1CC(NS(=O)(=O)c2ccc3nc(N)ccc3c2)C1. The number of hydrogen-bond donors (Lipinski definition) is 2. The van der Waals surface area contributed by atoms with Gasteiger partial charge in [0.25, 0.3) is 0 Å². The highest BCUT2D eigenvalue weighted by molar-refractivity contribution is 7.89. The van der Waals surface area contributed by atoms with Crippen LogP contribution in [0.3, 0.4) is 0 Å². The van der Waals surface area contributed by atoms with Gasteiger partial charge in [-0.3, -0.25) is 0 Å². The number of pyridine rings is 1. The highest BCUT2D eigenvalue weighted by Gasteiger charge is 2.32. The van der Waals surface area contributed by atoms with E-state index in [1.54, 1.807) is 37.4 Å². The summed E-state index contributed by atoms with van der Waals surface area (Å²) in [5.41, 5.74) is 6.29. The molecule has 0 atom stereocenters. The molecule has 112 valence electrons. The molecule has 0 spiro atoms. The van der Waals surface area contributed by atoms with E-state index >= 15 is 0 Å². The number of nitrogens with one attached hydrogen (secondary N) is 1. The predicted octanol–water partition coefficient (Wildman–Crippen LogP) is 1.27. The number of nitrogens with zero attached hydrogens (tertiary/aromatic N) is 1. The van der Waals surface area contributed by atoms with Gasteiger partial charge < -0.3 is 10.5 Å². The molecule has 1 fully saturated rings. The molecule has 0 amide bonds. The van der Waals surface area contributed by atoms with Gasteiger partial charge in [-0.25, -0.2) is 18.1 Å². The van der Waals surface area contributed by atoms with Crippen LogP contribution in [0.15, 0.2) is 35.2 Å². The number of hydrogen-bond acceptors (Lipinski definition) is 5. The molecule has 0 radical (unpaired) electrons. The lowest BCUT2D eigenvalue weighted by molar-refractivity contribution is 0.0236. The first kappa shape index (κ1) is 14.2. The fraction of sp³-hybridized carbons (Fsp3) is 0.357. The standard InChI is InChI=1S/C14H17N3O3S/c1-20-11-7-10(8-11)17-21(18,19)12-3-4-13-9(6-12)2-5-14(15)16-13/h2-6,10-11,17H,7-8H2,1H3,(H2,15,16). The number of anilines is 1. The van der Waals surface area contributed by atoms with Crippen LogP contribution in [0.2, 0.25) is 0 Å². The lowest BCUT2D eigenvalue weighted by Gasteiger charge is -2.34. The summed E-state index contributed by atoms with van der Waals surface area (Å²) in [6.45, 7) is 0. The molecule has 7 heteroatoms. The number of benzene rings is 1. The van der Waals surface area contributed by atoms with E-state index in [0.29, 0.717) is 24.2 Å². The molecular weight excluding hydrogens is 290 g/mol. The molecule has 6 nitrogen and oxygen atoms in total. The second-order valence-corrected chi connectivity index (χ2v) is 6.95. The van der Waals surface area contributed by atoms with Crippen molar-refractivity contribution in [3.63, 3.8) is 0 Å². The summed E-state index contributed by atoms with van der Waals surface area (Å²) < 4.78 is 32.5. The highest BCUT2D eigenvalue weighted by atomic mass is 32.2. The summed E-state index contributed by atoms with van der Waals surface area (Å²) >= 11 is 0. The molecule has 3 N–H and O–H groups in total. The summed E-state index contributed by atoms with van der Waals surface area (Å²) in [5.74, 6) is 0.413. The average molecular weight is 307 g/mol. The van der Waals surface area contributed by atoms with Crippen LogP contribution in [0.4, 0.5) is 5.82 Å². The molecule has 1 aliphatic carbocycles. The topological polar surface area (TPSA) is 94.3 Å². The summed E-state index contributed by atoms with van der Waals surface area (Å²) in [6, 6.07) is 8.18. The molecule has 0 bridgehead atoms. The molecule has 21 heavy (non-hydrogen) atoms. The van der Waals surface area contributed by atoms with E-state index in [1.807, 2.05) is 0 Å². The third-order valence-electron chi connectivity index (χ3n) is 3.74. The minimum atomic E-state index is -3.52. The van der Waals surface area contributed by atoms with Gasteiger partial charge in [0, 0.05) is 18.5 Å². The molecule has 0 unspecified atom stereocenters. The third kappa shape index (κ3) is 2.85. The van der Waals surface area contributed by atoms with Gasteiger partial charge in [0.2, 0.25) is 10.0 Å². The van der Waals surface area contributed by atoms with E-state index < -0.39 is 10.0 Å². The van der Waals surface area contributed by atoms with E-state index in [-0.39, 0.29) is 17.0 Å². The second-order valence-electron chi connectivity index (χ2n) is 5.24. The van der Waals surface area contributed by atoms with Crippen molar-refractivity contribution in [3.05, 3.63) is 30.3 Å². The molecule has 3 rings (SSSR count). The average Bonchev–Trinajstić information content (AvgIpc) is 2.41. The molecule has 1 aliphatic rings. The van der Waals surface area contributed by atoms with E-state index in [4.69, 9.17) is 10.5 Å². The normalized spacial score (nSPS) is 22.1. The molecule has 2 aromatic rings. The molecule has 0 aliphatic heterocycles. The summed E-state index contributed by atoms with van der Waals surface area (Å²) in [4.78, 5) is 4.39. The van der Waals surface area contributed by atoms with Crippen LogP contribution in [0.25, 0.3) is 10.9 Å². The van der Waals surface area contributed by atoms with Gasteiger partial charge in [-0.2, -0.15) is 0 Å². The maximum absolute atomic E-state index is 12.3. The number of nitrogen functional groups attached to an aromatic ring is 1. The Morgan fingerprint density at radius 2 is 2.05 bits per heavy atom. The van der Waals surface area contributed by atoms with Crippen molar-refractivity contribution >= 4 is 26.7 Å². The third-order valence-corrected chi connectivity index (χ3v) is 5.26. The van der Waals surface area contributed by atoms with E-state index in [9.17, 15) is 8.42 Å². The molecule has 1 saturated carbocycles. The maximum Gasteiger partial charge on any atom is 0.240 e. The Morgan fingerprint density at radius 1 is 1.29 bits per heavy atom. The largest absolute Gasteiger partial charge is 0.384 e. The summed E-state index contributed by atoms with van der Waals surface area (Å²) in [6.07, 6.45) is 1.57. The van der Waals surface area contributed by atoms with Crippen molar-refractivity contribution in [2.24, 2.45) is 0 Å². The molecule has 1 heterocycles. The number of fused-ring (bicyclic) bond motifs is 1. The van der Waals surface area contributed by atoms with Crippen LogP contribution in [0, 0.1) is 0 Å². The van der Waals surface area contributed by atoms with Crippen LogP contribution < -0.4 is 10.5 Å². The number of nitrogens with two attached hydrogens (primary N) is 1. The Hall–Kier alpha value is -1.70. The van der Waals surface area contributed by atoms with Crippen molar-refractivity contribution in [2.75, 3.05) is 12.8 Å². The minimum absolute atomic E-state index is 0.0554. The van der Waals surface area contributed by atoms with Crippen molar-refractivity contribution in [2.45, 2.75) is 29.9 Å². The van der Waals surface area contributed by atoms with Crippen LogP contribution in [0.1, 0.15) is 12.8 Å². The first-order valence-electron chi connectivity index (χ1n) is 6.69. The van der Waals surface area contributed by atoms with Gasteiger partial charge >= 0.3 is 0 Å². The smallest absolute Gasteiger partial charge is 0.240 e. The Labute approximate surface area is 123 Å². The van der Waals surface area contributed by atoms with Crippen LogP contribution in [-0.4, -0.2) is 32.7 Å². The van der Waals surface area contributed by atoms with Crippen molar-refractivity contribution in [1.82, 2.24) is 9.71 Å². The fourth-order valence-corrected chi connectivity index (χ4v) is 3.73. The van der Waals surface area contributed by atoms with Gasteiger partial charge in [0.1, 0.15) is 5.82 Å². The number of aromatic nitrogens is 1. The van der Waals surface area contributed by atoms with Gasteiger partial charge in [-0.1, -0.05) is 0 Å². The lowest BCUT2D eigenvalue weighted by atomic mass is 9.90. The van der Waals surface area contributed by atoms with E-state index in [1.165, 1.54) is 0 Å². The van der Waals surface area contributed by atoms with Gasteiger partial charge in [-0.15, -0.1) is 0 Å². The predicted molar refractivity (Wildman–Crippen MR) is 80.3 cm³/mol. The number of rotatable bonds is 4. The zero-order valence-corrected chi connectivity index (χ0v) is 12.4. The van der Waals surface area contributed by atoms with Crippen molar-refractivity contribution in [3.8, 4) is 0 Å². The summed E-state index contributed by atoms with van der Waals surface area (Å²) in [7, 11) is -1.88. The molecular formula is C14H17N3O3S. The number of ether oxygens (including phenoxy) is 1. The Balaban J connectivity index is 1.83. The zero-order chi connectivity index (χ0) is 15.0. The zero-order valence-electron chi connectivity index (χ0n) is 11.6. The first-order chi connectivity index (χ1) is 9.98. The van der Waals surface area contributed by atoms with E-state index in [0.717, 1.165) is 5.39 Å². The van der Waals surface area contributed by atoms with Crippen molar-refractivity contribution in [1.29, 1.82) is 0 Å². The molecule has 1 aromatic carbocycles. The van der Waals surface area contributed by atoms with Gasteiger partial charge in [0.15, 0.2) is 0 Å². The van der Waals surface area contributed by atoms with E-state index in [2.05, 4.69) is 9.71 Å². The molecule has 1 aromatic heterocycles. The highest BCUT2D eigenvalue weighted by Crippen LogP contribution is 2.25. The number of methoxy groups -OCH3 is 1. The van der Waals surface area contributed by atoms with Crippen LogP contribution >= 0.6 is 0 Å². The maximum atomic E-state index is 12.3. The fourth-order valence-electron chi connectivity index (χ4n) is 2.43. The quantitative estimate of drug-likeness (QED) is 0.887.